The van der Waals surface area contributed by atoms with Crippen molar-refractivity contribution < 1.29 is 47.2 Å². The van der Waals surface area contributed by atoms with Crippen LogP contribution in [0.2, 0.25) is 0 Å². The van der Waals surface area contributed by atoms with E-state index in [0.717, 1.165) is 27.8 Å². The summed E-state index contributed by atoms with van der Waals surface area (Å²) in [5, 5.41) is 22.3. The minimum atomic E-state index is -5.05. The molecule has 2 amide bonds. The Morgan fingerprint density at radius 2 is 1.68 bits per heavy atom. The van der Waals surface area contributed by atoms with Crippen LogP contribution in [-0.4, -0.2) is 68.5 Å². The topological polar surface area (TPSA) is 138 Å². The van der Waals surface area contributed by atoms with E-state index in [4.69, 9.17) is 9.47 Å². The number of ether oxygens (including phenoxy) is 2. The number of carbonyl (C=O) groups excluding carboxylic acids is 2. The van der Waals surface area contributed by atoms with Gasteiger partial charge in [0.05, 0.1) is 24.4 Å². The molecule has 5 atom stereocenters. The standard InChI is InChI=1S/C39H38F3N3O7S/c1-23-32(22-53-35-30(36(48)49)10-4-16-43-35)51-37(52-33(23)26-14-12-24(21-46)13-15-26)29-9-3-8-28(19-29)27-7-2-6-25(18-27)20-44-34(47)31-11-5-17-45(31)38(50)39(40,41)42/h2-4,6-10,12-16,18-19,23,31-33,37,46H,5,11,17,20-22H2,1H3,(H,44,47)(H,48,49)/t23-,31-,32+,33+,37+/m0/s1. The largest absolute Gasteiger partial charge is 0.478 e. The molecule has 4 aromatic rings. The van der Waals surface area contributed by atoms with E-state index in [0.29, 0.717) is 27.7 Å². The lowest BCUT2D eigenvalue weighted by atomic mass is 9.91. The summed E-state index contributed by atoms with van der Waals surface area (Å²) in [4.78, 5) is 41.4. The molecule has 3 aromatic carbocycles. The fourth-order valence-corrected chi connectivity index (χ4v) is 7.77. The number of alkyl halides is 3. The Kier molecular flexibility index (Phi) is 11.8. The number of benzene rings is 3. The van der Waals surface area contributed by atoms with Gasteiger partial charge in [0.25, 0.3) is 0 Å². The second-order valence-corrected chi connectivity index (χ2v) is 14.0. The van der Waals surface area contributed by atoms with E-state index in [-0.39, 0.29) is 43.7 Å². The molecule has 0 aliphatic carbocycles. The van der Waals surface area contributed by atoms with E-state index >= 15 is 0 Å². The Morgan fingerprint density at radius 1 is 0.943 bits per heavy atom. The molecule has 3 heterocycles. The summed E-state index contributed by atoms with van der Waals surface area (Å²) in [6.45, 7) is 1.86. The number of nitrogens with zero attached hydrogens (tertiary/aromatic N) is 2. The third-order valence-corrected chi connectivity index (χ3v) is 10.5. The van der Waals surface area contributed by atoms with Gasteiger partial charge in [-0.3, -0.25) is 9.59 Å². The highest BCUT2D eigenvalue weighted by atomic mass is 32.2. The Hall–Kier alpha value is -4.76. The van der Waals surface area contributed by atoms with Gasteiger partial charge >= 0.3 is 18.1 Å². The third kappa shape index (κ3) is 8.90. The first-order valence-corrected chi connectivity index (χ1v) is 18.1. The highest BCUT2D eigenvalue weighted by molar-refractivity contribution is 7.99. The van der Waals surface area contributed by atoms with Crippen molar-refractivity contribution >= 4 is 29.5 Å². The second kappa shape index (κ2) is 16.5. The highest BCUT2D eigenvalue weighted by Crippen LogP contribution is 2.43. The van der Waals surface area contributed by atoms with Crippen LogP contribution in [0.3, 0.4) is 0 Å². The molecular weight excluding hydrogens is 712 g/mol. The van der Waals surface area contributed by atoms with Crippen LogP contribution >= 0.6 is 11.8 Å². The first kappa shape index (κ1) is 38.0. The second-order valence-electron chi connectivity index (χ2n) is 13.0. The number of thioether (sulfide) groups is 1. The van der Waals surface area contributed by atoms with Gasteiger partial charge in [0, 0.05) is 36.5 Å². The van der Waals surface area contributed by atoms with Crippen molar-refractivity contribution in [2.45, 2.75) is 68.7 Å². The number of aromatic nitrogens is 1. The lowest BCUT2D eigenvalue weighted by Crippen LogP contribution is -2.50. The Morgan fingerprint density at radius 3 is 2.40 bits per heavy atom. The zero-order chi connectivity index (χ0) is 37.7. The molecule has 2 fully saturated rings. The Bertz CT molecular complexity index is 1940. The Balaban J connectivity index is 1.20. The fraction of sp³-hybridized carbons (Fsp3) is 0.333. The number of hydrogen-bond donors (Lipinski definition) is 3. The maximum atomic E-state index is 13.1. The number of likely N-dealkylation sites (tertiary alicyclic amines) is 1. The van der Waals surface area contributed by atoms with E-state index in [1.54, 1.807) is 18.3 Å². The summed E-state index contributed by atoms with van der Waals surface area (Å²) in [6.07, 6.45) is -4.59. The number of pyridine rings is 1. The predicted octanol–water partition coefficient (Wildman–Crippen LogP) is 6.69. The predicted molar refractivity (Wildman–Crippen MR) is 189 cm³/mol. The molecule has 2 saturated heterocycles. The molecule has 0 spiro atoms. The van der Waals surface area contributed by atoms with E-state index in [2.05, 4.69) is 10.3 Å². The lowest BCUT2D eigenvalue weighted by Gasteiger charge is -2.41. The number of carboxylic acids is 1. The Labute approximate surface area is 308 Å². The van der Waals surface area contributed by atoms with Crippen LogP contribution < -0.4 is 5.32 Å². The van der Waals surface area contributed by atoms with E-state index < -0.39 is 42.4 Å². The number of carboxylic acid groups (broad SMARTS) is 1. The molecule has 2 aliphatic heterocycles. The van der Waals surface area contributed by atoms with Gasteiger partial charge in [0.1, 0.15) is 11.1 Å². The lowest BCUT2D eigenvalue weighted by molar-refractivity contribution is -0.268. The zero-order valence-corrected chi connectivity index (χ0v) is 29.5. The molecule has 53 heavy (non-hydrogen) atoms. The van der Waals surface area contributed by atoms with Crippen molar-refractivity contribution in [1.82, 2.24) is 15.2 Å². The van der Waals surface area contributed by atoms with Crippen LogP contribution in [0.4, 0.5) is 13.2 Å². The van der Waals surface area contributed by atoms with Gasteiger partial charge in [-0.1, -0.05) is 67.6 Å². The minimum Gasteiger partial charge on any atom is -0.478 e. The first-order valence-electron chi connectivity index (χ1n) is 17.1. The van der Waals surface area contributed by atoms with E-state index in [1.165, 1.54) is 17.8 Å². The average molecular weight is 750 g/mol. The number of aromatic carboxylic acids is 1. The molecule has 0 saturated carbocycles. The molecule has 0 unspecified atom stereocenters. The molecule has 3 N–H and O–H groups in total. The smallest absolute Gasteiger partial charge is 0.471 e. The number of halogens is 3. The van der Waals surface area contributed by atoms with Crippen molar-refractivity contribution in [2.24, 2.45) is 5.92 Å². The monoisotopic (exact) mass is 749 g/mol. The molecule has 0 radical (unpaired) electrons. The van der Waals surface area contributed by atoms with Gasteiger partial charge in [-0.15, -0.1) is 11.8 Å². The summed E-state index contributed by atoms with van der Waals surface area (Å²) >= 11 is 1.30. The molecule has 1 aromatic heterocycles. The number of hydrogen-bond acceptors (Lipinski definition) is 8. The summed E-state index contributed by atoms with van der Waals surface area (Å²) in [5.41, 5.74) is 4.86. The molecule has 2 aliphatic rings. The van der Waals surface area contributed by atoms with Crippen molar-refractivity contribution in [3.05, 3.63) is 119 Å². The van der Waals surface area contributed by atoms with Crippen molar-refractivity contribution in [3.8, 4) is 11.1 Å². The van der Waals surface area contributed by atoms with Crippen molar-refractivity contribution in [1.29, 1.82) is 0 Å². The number of nitrogens with one attached hydrogen (secondary N) is 1. The summed E-state index contributed by atoms with van der Waals surface area (Å²) in [5.74, 6) is -3.45. The third-order valence-electron chi connectivity index (χ3n) is 9.45. The molecule has 278 valence electrons. The molecule has 0 bridgehead atoms. The number of rotatable bonds is 11. The summed E-state index contributed by atoms with van der Waals surface area (Å²) < 4.78 is 52.4. The fourth-order valence-electron chi connectivity index (χ4n) is 6.62. The van der Waals surface area contributed by atoms with Crippen molar-refractivity contribution in [3.63, 3.8) is 0 Å². The van der Waals surface area contributed by atoms with Crippen LogP contribution in [0.15, 0.2) is 96.2 Å². The van der Waals surface area contributed by atoms with Gasteiger partial charge in [-0.05, 0) is 64.9 Å². The molecule has 14 heteroatoms. The van der Waals surface area contributed by atoms with Crippen LogP contribution in [-0.2, 0) is 32.2 Å². The quantitative estimate of drug-likeness (QED) is 0.143. The highest BCUT2D eigenvalue weighted by Gasteiger charge is 2.47. The number of aliphatic hydroxyl groups excluding tert-OH is 1. The number of aliphatic hydroxyl groups is 1. The van der Waals surface area contributed by atoms with Crippen LogP contribution in [0, 0.1) is 5.92 Å². The SMILES string of the molecule is C[C@H]1[C@@H](CSc2ncccc2C(=O)O)O[C@@H](c2cccc(-c3cccc(CNC(=O)[C@@H]4CCCN4C(=O)C(F)(F)F)c3)c2)O[C@H]1c1ccc(CO)cc1. The van der Waals surface area contributed by atoms with Crippen molar-refractivity contribution in [2.75, 3.05) is 12.3 Å². The summed E-state index contributed by atoms with van der Waals surface area (Å²) in [7, 11) is 0. The van der Waals surface area contributed by atoms with Gasteiger partial charge in [0.15, 0.2) is 6.29 Å². The van der Waals surface area contributed by atoms with Gasteiger partial charge < -0.3 is 29.9 Å². The maximum Gasteiger partial charge on any atom is 0.471 e. The van der Waals surface area contributed by atoms with Gasteiger partial charge in [-0.25, -0.2) is 9.78 Å². The zero-order valence-electron chi connectivity index (χ0n) is 28.7. The minimum absolute atomic E-state index is 0.0552. The number of amides is 2. The average Bonchev–Trinajstić information content (AvgIpc) is 3.66. The van der Waals surface area contributed by atoms with E-state index in [1.807, 2.05) is 73.7 Å². The van der Waals surface area contributed by atoms with Gasteiger partial charge in [0.2, 0.25) is 5.91 Å². The van der Waals surface area contributed by atoms with Crippen LogP contribution in [0.1, 0.15) is 64.8 Å². The molecular formula is C39H38F3N3O7S. The van der Waals surface area contributed by atoms with Crippen LogP contribution in [0.5, 0.6) is 0 Å². The normalized spacial score (nSPS) is 21.7. The van der Waals surface area contributed by atoms with E-state index in [9.17, 15) is 37.8 Å². The molecule has 6 rings (SSSR count). The first-order chi connectivity index (χ1) is 25.4. The summed E-state index contributed by atoms with van der Waals surface area (Å²) in [6, 6.07) is 24.4. The number of carbonyl (C=O) groups is 3. The maximum absolute atomic E-state index is 13.1. The van der Waals surface area contributed by atoms with Gasteiger partial charge in [-0.2, -0.15) is 13.2 Å². The molecule has 10 nitrogen and oxygen atoms in total. The van der Waals surface area contributed by atoms with Crippen LogP contribution in [0.25, 0.3) is 11.1 Å².